The summed E-state index contributed by atoms with van der Waals surface area (Å²) in [5, 5.41) is 3.35. The molecule has 0 saturated heterocycles. The van der Waals surface area contributed by atoms with Crippen LogP contribution in [0.2, 0.25) is 0 Å². The van der Waals surface area contributed by atoms with Crippen molar-refractivity contribution in [2.75, 3.05) is 29.6 Å². The van der Waals surface area contributed by atoms with E-state index in [0.29, 0.717) is 5.82 Å². The zero-order chi connectivity index (χ0) is 11.6. The van der Waals surface area contributed by atoms with Crippen molar-refractivity contribution in [3.8, 4) is 0 Å². The minimum absolute atomic E-state index is 0.574. The van der Waals surface area contributed by atoms with Crippen molar-refractivity contribution in [3.05, 3.63) is 18.3 Å². The number of nitrogen functional groups attached to an aromatic ring is 1. The fourth-order valence-electron chi connectivity index (χ4n) is 1.52. The Bertz CT molecular complexity index is 291. The standard InChI is InChI=1S/C12H21N3S/c1-16-9-5-3-2-4-7-14-11-6-8-15-12(13)10-11/h6,8,10H,2-5,7,9H2,1H3,(H3,13,14,15). The van der Waals surface area contributed by atoms with Gasteiger partial charge in [-0.25, -0.2) is 4.98 Å². The molecule has 4 heteroatoms. The van der Waals surface area contributed by atoms with Gasteiger partial charge in [-0.3, -0.25) is 0 Å². The number of nitrogens with one attached hydrogen (secondary N) is 1. The molecule has 3 nitrogen and oxygen atoms in total. The Hall–Kier alpha value is -0.900. The third-order valence-electron chi connectivity index (χ3n) is 2.39. The molecule has 0 aromatic carbocycles. The van der Waals surface area contributed by atoms with Gasteiger partial charge >= 0.3 is 0 Å². The number of nitrogens with zero attached hydrogens (tertiary/aromatic N) is 1. The van der Waals surface area contributed by atoms with Gasteiger partial charge in [0, 0.05) is 24.5 Å². The fourth-order valence-corrected chi connectivity index (χ4v) is 2.01. The number of nitrogens with two attached hydrogens (primary N) is 1. The summed E-state index contributed by atoms with van der Waals surface area (Å²) in [5.41, 5.74) is 6.66. The van der Waals surface area contributed by atoms with Crippen molar-refractivity contribution in [1.82, 2.24) is 4.98 Å². The third kappa shape index (κ3) is 5.85. The molecule has 0 aliphatic carbocycles. The predicted molar refractivity (Wildman–Crippen MR) is 74.0 cm³/mol. The van der Waals surface area contributed by atoms with Crippen LogP contribution in [0.25, 0.3) is 0 Å². The van der Waals surface area contributed by atoms with Gasteiger partial charge in [0.1, 0.15) is 5.82 Å². The van der Waals surface area contributed by atoms with E-state index in [0.717, 1.165) is 12.2 Å². The summed E-state index contributed by atoms with van der Waals surface area (Å²) in [6, 6.07) is 3.82. The largest absolute Gasteiger partial charge is 0.385 e. The maximum Gasteiger partial charge on any atom is 0.125 e. The van der Waals surface area contributed by atoms with Gasteiger partial charge in [0.15, 0.2) is 0 Å². The van der Waals surface area contributed by atoms with Gasteiger partial charge in [-0.1, -0.05) is 12.8 Å². The number of pyridine rings is 1. The summed E-state index contributed by atoms with van der Waals surface area (Å²) in [4.78, 5) is 3.95. The minimum atomic E-state index is 0.574. The Labute approximate surface area is 102 Å². The topological polar surface area (TPSA) is 50.9 Å². The maximum atomic E-state index is 5.59. The van der Waals surface area contributed by atoms with Crippen molar-refractivity contribution >= 4 is 23.3 Å². The van der Waals surface area contributed by atoms with Crippen LogP contribution in [-0.4, -0.2) is 23.5 Å². The summed E-state index contributed by atoms with van der Waals surface area (Å²) in [5.74, 6) is 1.86. The SMILES string of the molecule is CSCCCCCCNc1ccnc(N)c1. The molecule has 0 fully saturated rings. The summed E-state index contributed by atoms with van der Waals surface area (Å²) in [6.07, 6.45) is 9.08. The zero-order valence-electron chi connectivity index (χ0n) is 9.91. The van der Waals surface area contributed by atoms with Crippen LogP contribution in [0.3, 0.4) is 0 Å². The highest BCUT2D eigenvalue weighted by atomic mass is 32.2. The molecule has 0 saturated carbocycles. The van der Waals surface area contributed by atoms with E-state index in [9.17, 15) is 0 Å². The second-order valence-electron chi connectivity index (χ2n) is 3.80. The van der Waals surface area contributed by atoms with Crippen LogP contribution in [0.1, 0.15) is 25.7 Å². The Morgan fingerprint density at radius 3 is 2.88 bits per heavy atom. The lowest BCUT2D eigenvalue weighted by molar-refractivity contribution is 0.689. The Balaban J connectivity index is 2.03. The van der Waals surface area contributed by atoms with Crippen LogP contribution in [0, 0.1) is 0 Å². The molecule has 0 aliphatic rings. The number of thioether (sulfide) groups is 1. The van der Waals surface area contributed by atoms with E-state index in [1.165, 1.54) is 31.4 Å². The molecule has 0 aliphatic heterocycles. The van der Waals surface area contributed by atoms with Gasteiger partial charge in [-0.15, -0.1) is 0 Å². The first-order valence-corrected chi connectivity index (χ1v) is 7.16. The lowest BCUT2D eigenvalue weighted by atomic mass is 10.2. The molecule has 1 aromatic rings. The summed E-state index contributed by atoms with van der Waals surface area (Å²) in [6.45, 7) is 1.02. The van der Waals surface area contributed by atoms with Crippen LogP contribution < -0.4 is 11.1 Å². The zero-order valence-corrected chi connectivity index (χ0v) is 10.7. The van der Waals surface area contributed by atoms with E-state index < -0.39 is 0 Å². The molecule has 0 bridgehead atoms. The quantitative estimate of drug-likeness (QED) is 0.685. The van der Waals surface area contributed by atoms with E-state index >= 15 is 0 Å². The average Bonchev–Trinajstić information content (AvgIpc) is 2.28. The van der Waals surface area contributed by atoms with Crippen molar-refractivity contribution in [2.24, 2.45) is 0 Å². The van der Waals surface area contributed by atoms with Crippen LogP contribution in [0.4, 0.5) is 11.5 Å². The molecule has 0 amide bonds. The first-order valence-electron chi connectivity index (χ1n) is 5.77. The second kappa shape index (κ2) is 8.28. The van der Waals surface area contributed by atoms with Crippen LogP contribution >= 0.6 is 11.8 Å². The lowest BCUT2D eigenvalue weighted by Gasteiger charge is -2.06. The smallest absolute Gasteiger partial charge is 0.125 e. The average molecular weight is 239 g/mol. The van der Waals surface area contributed by atoms with Crippen molar-refractivity contribution in [2.45, 2.75) is 25.7 Å². The predicted octanol–water partition coefficient (Wildman–Crippen LogP) is 3.00. The summed E-state index contributed by atoms with van der Waals surface area (Å²) >= 11 is 1.93. The number of hydrogen-bond donors (Lipinski definition) is 2. The normalized spacial score (nSPS) is 10.3. The highest BCUT2D eigenvalue weighted by molar-refractivity contribution is 7.98. The fraction of sp³-hybridized carbons (Fsp3) is 0.583. The number of anilines is 2. The van der Waals surface area contributed by atoms with Crippen molar-refractivity contribution in [3.63, 3.8) is 0 Å². The van der Waals surface area contributed by atoms with E-state index in [1.54, 1.807) is 6.20 Å². The van der Waals surface area contributed by atoms with Crippen LogP contribution in [0.5, 0.6) is 0 Å². The van der Waals surface area contributed by atoms with Gasteiger partial charge in [0.05, 0.1) is 0 Å². The van der Waals surface area contributed by atoms with Crippen molar-refractivity contribution in [1.29, 1.82) is 0 Å². The minimum Gasteiger partial charge on any atom is -0.385 e. The molecule has 0 unspecified atom stereocenters. The number of hydrogen-bond acceptors (Lipinski definition) is 4. The lowest BCUT2D eigenvalue weighted by Crippen LogP contribution is -2.02. The summed E-state index contributed by atoms with van der Waals surface area (Å²) < 4.78 is 0. The summed E-state index contributed by atoms with van der Waals surface area (Å²) in [7, 11) is 0. The van der Waals surface area contributed by atoms with Gasteiger partial charge in [0.25, 0.3) is 0 Å². The van der Waals surface area contributed by atoms with Gasteiger partial charge < -0.3 is 11.1 Å². The molecule has 1 heterocycles. The molecule has 0 atom stereocenters. The van der Waals surface area contributed by atoms with E-state index in [2.05, 4.69) is 16.6 Å². The number of rotatable bonds is 8. The first-order chi connectivity index (χ1) is 7.83. The van der Waals surface area contributed by atoms with E-state index in [-0.39, 0.29) is 0 Å². The van der Waals surface area contributed by atoms with Gasteiger partial charge in [-0.2, -0.15) is 11.8 Å². The first kappa shape index (κ1) is 13.2. The van der Waals surface area contributed by atoms with Crippen LogP contribution in [-0.2, 0) is 0 Å². The Morgan fingerprint density at radius 1 is 1.31 bits per heavy atom. The highest BCUT2D eigenvalue weighted by Gasteiger charge is 1.93. The monoisotopic (exact) mass is 239 g/mol. The molecule has 1 aromatic heterocycles. The molecule has 90 valence electrons. The Morgan fingerprint density at radius 2 is 2.12 bits per heavy atom. The highest BCUT2D eigenvalue weighted by Crippen LogP contribution is 2.10. The van der Waals surface area contributed by atoms with Gasteiger partial charge in [0.2, 0.25) is 0 Å². The molecule has 3 N–H and O–H groups in total. The second-order valence-corrected chi connectivity index (χ2v) is 4.79. The molecule has 1 rings (SSSR count). The number of unbranched alkanes of at least 4 members (excludes halogenated alkanes) is 3. The molecular weight excluding hydrogens is 218 g/mol. The molecule has 16 heavy (non-hydrogen) atoms. The van der Waals surface area contributed by atoms with E-state index in [1.807, 2.05) is 23.9 Å². The third-order valence-corrected chi connectivity index (χ3v) is 3.08. The molecular formula is C12H21N3S. The Kier molecular flexibility index (Phi) is 6.81. The van der Waals surface area contributed by atoms with Crippen molar-refractivity contribution < 1.29 is 0 Å². The van der Waals surface area contributed by atoms with Crippen LogP contribution in [0.15, 0.2) is 18.3 Å². The number of aromatic nitrogens is 1. The van der Waals surface area contributed by atoms with Gasteiger partial charge in [-0.05, 0) is 30.9 Å². The molecule has 0 spiro atoms. The maximum absolute atomic E-state index is 5.59. The van der Waals surface area contributed by atoms with E-state index in [4.69, 9.17) is 5.73 Å². The molecule has 0 radical (unpaired) electrons.